The Bertz CT molecular complexity index is 1270. The van der Waals surface area contributed by atoms with E-state index in [9.17, 15) is 23.1 Å². The van der Waals surface area contributed by atoms with Crippen molar-refractivity contribution in [3.05, 3.63) is 60.2 Å². The molecule has 2 aromatic carbocycles. The molecule has 1 unspecified atom stereocenters. The summed E-state index contributed by atoms with van der Waals surface area (Å²) >= 11 is 0. The highest BCUT2D eigenvalue weighted by molar-refractivity contribution is 7.89. The van der Waals surface area contributed by atoms with Crippen LogP contribution in [0.15, 0.2) is 59.5 Å². The number of rotatable bonds is 17. The maximum atomic E-state index is 13.8. The molecule has 1 aliphatic carbocycles. The Morgan fingerprint density at radius 2 is 1.67 bits per heavy atom. The number of amides is 2. The summed E-state index contributed by atoms with van der Waals surface area (Å²) in [6.45, 7) is 7.68. The highest BCUT2D eigenvalue weighted by atomic mass is 32.2. The first-order valence-corrected chi connectivity index (χ1v) is 16.6. The van der Waals surface area contributed by atoms with Crippen molar-refractivity contribution in [2.45, 2.75) is 82.9 Å². The number of hydrogen-bond donors (Lipinski definition) is 3. The van der Waals surface area contributed by atoms with Crippen LogP contribution < -0.4 is 15.5 Å². The lowest BCUT2D eigenvalue weighted by Gasteiger charge is -2.37. The van der Waals surface area contributed by atoms with Crippen LogP contribution in [0.4, 0.5) is 0 Å². The predicted octanol–water partition coefficient (Wildman–Crippen LogP) is 3.36. The highest BCUT2D eigenvalue weighted by Crippen LogP contribution is 2.23. The first kappa shape index (κ1) is 34.5. The van der Waals surface area contributed by atoms with Gasteiger partial charge in [0.1, 0.15) is 5.75 Å². The number of nitrogens with zero attached hydrogens (tertiary/aromatic N) is 2. The van der Waals surface area contributed by atoms with E-state index in [1.807, 2.05) is 58.0 Å². The molecule has 0 radical (unpaired) electrons. The topological polar surface area (TPSA) is 128 Å². The first-order chi connectivity index (χ1) is 20.4. The molecule has 10 nitrogen and oxygen atoms in total. The quantitative estimate of drug-likeness (QED) is 0.233. The summed E-state index contributed by atoms with van der Waals surface area (Å²) in [5.74, 6) is -0.176. The van der Waals surface area contributed by atoms with E-state index in [4.69, 9.17) is 4.74 Å². The number of carbonyl (C=O) groups is 2. The van der Waals surface area contributed by atoms with Gasteiger partial charge in [-0.2, -0.15) is 4.31 Å². The standard InChI is InChI=1S/C32H48N4O6S/c1-6-24(4)18-32(39)36(34-31(38)20-33-26-12-13-26)29(19-25-10-8-7-9-11-25)30(37)22-35(21-23(2)3)43(40,41)28-16-14-27(42-5)15-17-28/h7-11,14-17,23-24,26,29-30,33,37H,6,12-13,18-22H2,1-5H3,(H,34,38)/t24-,29?,30+/m0/s1. The van der Waals surface area contributed by atoms with Crippen LogP contribution in [0.3, 0.4) is 0 Å². The summed E-state index contributed by atoms with van der Waals surface area (Å²) < 4.78 is 34.1. The van der Waals surface area contributed by atoms with Crippen molar-refractivity contribution in [3.8, 4) is 5.75 Å². The van der Waals surface area contributed by atoms with Crippen molar-refractivity contribution < 1.29 is 27.9 Å². The van der Waals surface area contributed by atoms with Crippen molar-refractivity contribution >= 4 is 21.8 Å². The molecule has 0 heterocycles. The number of carbonyl (C=O) groups excluding carboxylic acids is 2. The van der Waals surface area contributed by atoms with E-state index in [-0.39, 0.29) is 61.0 Å². The van der Waals surface area contributed by atoms with Gasteiger partial charge in [-0.05, 0) is 60.9 Å². The molecular formula is C32H48N4O6S. The van der Waals surface area contributed by atoms with Crippen LogP contribution in [0.2, 0.25) is 0 Å². The molecule has 11 heteroatoms. The average molecular weight is 617 g/mol. The molecule has 1 saturated carbocycles. The Labute approximate surface area is 256 Å². The highest BCUT2D eigenvalue weighted by Gasteiger charge is 2.36. The number of benzene rings is 2. The van der Waals surface area contributed by atoms with Gasteiger partial charge >= 0.3 is 0 Å². The lowest BCUT2D eigenvalue weighted by molar-refractivity contribution is -0.148. The number of hydrazine groups is 1. The molecule has 3 rings (SSSR count). The molecule has 0 spiro atoms. The normalized spacial score (nSPS) is 15.6. The summed E-state index contributed by atoms with van der Waals surface area (Å²) in [7, 11) is -2.50. The third-order valence-corrected chi connectivity index (χ3v) is 9.43. The van der Waals surface area contributed by atoms with Gasteiger partial charge in [-0.3, -0.25) is 15.0 Å². The van der Waals surface area contributed by atoms with Crippen molar-refractivity contribution in [3.63, 3.8) is 0 Å². The van der Waals surface area contributed by atoms with Crippen molar-refractivity contribution in [1.82, 2.24) is 20.1 Å². The maximum absolute atomic E-state index is 13.8. The fourth-order valence-electron chi connectivity index (χ4n) is 4.73. The zero-order valence-electron chi connectivity index (χ0n) is 26.0. The summed E-state index contributed by atoms with van der Waals surface area (Å²) in [4.78, 5) is 26.8. The molecule has 3 atom stereocenters. The minimum atomic E-state index is -4.01. The number of ether oxygens (including phenoxy) is 1. The lowest BCUT2D eigenvalue weighted by Crippen LogP contribution is -2.60. The van der Waals surface area contributed by atoms with Crippen LogP contribution in [0, 0.1) is 11.8 Å². The van der Waals surface area contributed by atoms with Crippen LogP contribution in [-0.2, 0) is 26.0 Å². The number of methoxy groups -OCH3 is 1. The number of nitrogens with one attached hydrogen (secondary N) is 2. The van der Waals surface area contributed by atoms with E-state index in [0.29, 0.717) is 11.8 Å². The van der Waals surface area contributed by atoms with E-state index in [2.05, 4.69) is 10.7 Å². The second-order valence-corrected chi connectivity index (χ2v) is 13.8. The van der Waals surface area contributed by atoms with E-state index < -0.39 is 22.2 Å². The Balaban J connectivity index is 1.96. The van der Waals surface area contributed by atoms with E-state index in [0.717, 1.165) is 24.8 Å². The molecular weight excluding hydrogens is 568 g/mol. The van der Waals surface area contributed by atoms with Gasteiger partial charge in [-0.15, -0.1) is 0 Å². The Morgan fingerprint density at radius 1 is 1.02 bits per heavy atom. The van der Waals surface area contributed by atoms with Gasteiger partial charge in [0, 0.05) is 25.6 Å². The van der Waals surface area contributed by atoms with Gasteiger partial charge in [0.15, 0.2) is 0 Å². The Morgan fingerprint density at radius 3 is 2.23 bits per heavy atom. The zero-order chi connectivity index (χ0) is 31.6. The van der Waals surface area contributed by atoms with Gasteiger partial charge in [0.25, 0.3) is 5.91 Å². The fourth-order valence-corrected chi connectivity index (χ4v) is 6.35. The largest absolute Gasteiger partial charge is 0.497 e. The number of sulfonamides is 1. The minimum absolute atomic E-state index is 0.0378. The third-order valence-electron chi connectivity index (χ3n) is 7.58. The minimum Gasteiger partial charge on any atom is -0.497 e. The maximum Gasteiger partial charge on any atom is 0.252 e. The van der Waals surface area contributed by atoms with Crippen molar-refractivity contribution in [2.75, 3.05) is 26.7 Å². The van der Waals surface area contributed by atoms with Crippen LogP contribution in [0.1, 0.15) is 58.9 Å². The van der Waals surface area contributed by atoms with E-state index >= 15 is 0 Å². The zero-order valence-corrected chi connectivity index (χ0v) is 26.8. The van der Waals surface area contributed by atoms with Crippen LogP contribution in [0.5, 0.6) is 5.75 Å². The summed E-state index contributed by atoms with van der Waals surface area (Å²) in [6, 6.07) is 14.8. The molecule has 2 amide bonds. The van der Waals surface area contributed by atoms with E-state index in [1.54, 1.807) is 12.1 Å². The molecule has 0 saturated heterocycles. The van der Waals surface area contributed by atoms with Crippen LogP contribution in [-0.4, -0.2) is 79.6 Å². The van der Waals surface area contributed by atoms with Gasteiger partial charge in [0.2, 0.25) is 15.9 Å². The summed E-state index contributed by atoms with van der Waals surface area (Å²) in [6.07, 6.45) is 1.85. The van der Waals surface area contributed by atoms with E-state index in [1.165, 1.54) is 28.6 Å². The number of hydrogen-bond acceptors (Lipinski definition) is 7. The molecule has 0 aromatic heterocycles. The molecule has 0 bridgehead atoms. The van der Waals surface area contributed by atoms with Gasteiger partial charge in [-0.25, -0.2) is 13.4 Å². The molecule has 238 valence electrons. The summed E-state index contributed by atoms with van der Waals surface area (Å²) in [5, 5.41) is 16.2. The number of aliphatic hydroxyl groups is 1. The molecule has 0 aliphatic heterocycles. The van der Waals surface area contributed by atoms with Gasteiger partial charge in [0.05, 0.1) is 30.7 Å². The van der Waals surface area contributed by atoms with Crippen molar-refractivity contribution in [2.24, 2.45) is 11.8 Å². The Kier molecular flexibility index (Phi) is 13.0. The second-order valence-electron chi connectivity index (χ2n) is 11.9. The van der Waals surface area contributed by atoms with Gasteiger partial charge in [-0.1, -0.05) is 64.4 Å². The van der Waals surface area contributed by atoms with Gasteiger partial charge < -0.3 is 15.2 Å². The SMILES string of the molecule is CC[C@H](C)CC(=O)N(NC(=O)CNC1CC1)C(Cc1ccccc1)[C@H](O)CN(CC(C)C)S(=O)(=O)c1ccc(OC)cc1. The lowest BCUT2D eigenvalue weighted by atomic mass is 9.98. The summed E-state index contributed by atoms with van der Waals surface area (Å²) in [5.41, 5.74) is 3.61. The fraction of sp³-hybridized carbons (Fsp3) is 0.562. The smallest absolute Gasteiger partial charge is 0.252 e. The molecule has 2 aromatic rings. The van der Waals surface area contributed by atoms with Crippen LogP contribution >= 0.6 is 0 Å². The van der Waals surface area contributed by atoms with Crippen molar-refractivity contribution in [1.29, 1.82) is 0 Å². The monoisotopic (exact) mass is 616 g/mol. The molecule has 3 N–H and O–H groups in total. The molecule has 43 heavy (non-hydrogen) atoms. The molecule has 1 aliphatic rings. The van der Waals surface area contributed by atoms with Crippen LogP contribution in [0.25, 0.3) is 0 Å². The average Bonchev–Trinajstić information content (AvgIpc) is 3.82. The first-order valence-electron chi connectivity index (χ1n) is 15.2. The number of aliphatic hydroxyl groups excluding tert-OH is 1. The molecule has 1 fully saturated rings. The third kappa shape index (κ3) is 10.6. The Hall–Kier alpha value is -2.99. The predicted molar refractivity (Wildman–Crippen MR) is 167 cm³/mol. The second kappa shape index (κ2) is 16.2.